The van der Waals surface area contributed by atoms with Gasteiger partial charge in [-0.05, 0) is 39.8 Å². The van der Waals surface area contributed by atoms with E-state index in [4.69, 9.17) is 4.74 Å². The van der Waals surface area contributed by atoms with Crippen LogP contribution in [0.5, 0.6) is 5.75 Å². The van der Waals surface area contributed by atoms with E-state index in [0.29, 0.717) is 25.6 Å². The van der Waals surface area contributed by atoms with Gasteiger partial charge in [0.2, 0.25) is 5.91 Å². The maximum absolute atomic E-state index is 13.6. The molecule has 1 atom stereocenters. The maximum Gasteiger partial charge on any atom is 0.227 e. The third-order valence-electron chi connectivity index (χ3n) is 3.60. The van der Waals surface area contributed by atoms with Crippen molar-refractivity contribution in [1.29, 1.82) is 0 Å². The van der Waals surface area contributed by atoms with Crippen molar-refractivity contribution < 1.29 is 13.9 Å². The van der Waals surface area contributed by atoms with Crippen LogP contribution in [0.2, 0.25) is 0 Å². The third-order valence-corrected chi connectivity index (χ3v) is 3.60. The maximum atomic E-state index is 13.6. The summed E-state index contributed by atoms with van der Waals surface area (Å²) in [5.74, 6) is 0.369. The number of para-hydroxylation sites is 1. The molecule has 0 heterocycles. The second kappa shape index (κ2) is 9.86. The number of nitrogens with one attached hydrogen (secondary N) is 3. The van der Waals surface area contributed by atoms with Crippen molar-refractivity contribution in [2.24, 2.45) is 10.4 Å². The van der Waals surface area contributed by atoms with Crippen molar-refractivity contribution >= 4 is 11.9 Å². The molecule has 1 unspecified atom stereocenters. The molecule has 0 radical (unpaired) electrons. The Labute approximate surface area is 149 Å². The standard InChI is InChI=1S/C18H29FN4O2/c1-6-21-16(24)18(3,4)12-23-17(20-5)22-11-13(2)25-15-10-8-7-9-14(15)19/h7-10,13H,6,11-12H2,1-5H3,(H,21,24)(H2,20,22,23). The number of carbonyl (C=O) groups is 1. The fourth-order valence-electron chi connectivity index (χ4n) is 2.04. The van der Waals surface area contributed by atoms with E-state index in [1.165, 1.54) is 6.07 Å². The summed E-state index contributed by atoms with van der Waals surface area (Å²) in [5.41, 5.74) is -0.567. The Morgan fingerprint density at radius 1 is 1.28 bits per heavy atom. The molecule has 0 aliphatic heterocycles. The van der Waals surface area contributed by atoms with Gasteiger partial charge in [-0.15, -0.1) is 0 Å². The Balaban J connectivity index is 2.46. The van der Waals surface area contributed by atoms with Crippen LogP contribution in [0.3, 0.4) is 0 Å². The summed E-state index contributed by atoms with van der Waals surface area (Å²) in [6.07, 6.45) is -0.258. The van der Waals surface area contributed by atoms with Crippen molar-refractivity contribution in [1.82, 2.24) is 16.0 Å². The molecule has 0 aromatic heterocycles. The van der Waals surface area contributed by atoms with Crippen LogP contribution in [-0.4, -0.2) is 44.7 Å². The summed E-state index contributed by atoms with van der Waals surface area (Å²) in [6, 6.07) is 6.29. The van der Waals surface area contributed by atoms with E-state index < -0.39 is 5.41 Å². The highest BCUT2D eigenvalue weighted by Crippen LogP contribution is 2.16. The molecule has 1 rings (SSSR count). The second-order valence-electron chi connectivity index (χ2n) is 6.41. The van der Waals surface area contributed by atoms with E-state index in [9.17, 15) is 9.18 Å². The lowest BCUT2D eigenvalue weighted by Crippen LogP contribution is -2.49. The summed E-state index contributed by atoms with van der Waals surface area (Å²) in [4.78, 5) is 16.1. The number of guanidine groups is 1. The number of ether oxygens (including phenoxy) is 1. The first-order valence-corrected chi connectivity index (χ1v) is 8.44. The first-order chi connectivity index (χ1) is 11.8. The van der Waals surface area contributed by atoms with Gasteiger partial charge in [0.25, 0.3) is 0 Å². The van der Waals surface area contributed by atoms with Gasteiger partial charge in [-0.25, -0.2) is 4.39 Å². The molecule has 6 nitrogen and oxygen atoms in total. The predicted octanol–water partition coefficient (Wildman–Crippen LogP) is 1.92. The number of rotatable bonds is 8. The first-order valence-electron chi connectivity index (χ1n) is 8.44. The summed E-state index contributed by atoms with van der Waals surface area (Å²) in [6.45, 7) is 8.92. The quantitative estimate of drug-likeness (QED) is 0.494. The highest BCUT2D eigenvalue weighted by molar-refractivity contribution is 5.84. The number of hydrogen-bond donors (Lipinski definition) is 3. The zero-order valence-corrected chi connectivity index (χ0v) is 15.6. The Bertz CT molecular complexity index is 590. The number of benzene rings is 1. The molecular formula is C18H29FN4O2. The number of halogens is 1. The van der Waals surface area contributed by atoms with Crippen molar-refractivity contribution in [3.05, 3.63) is 30.1 Å². The lowest BCUT2D eigenvalue weighted by atomic mass is 9.92. The lowest BCUT2D eigenvalue weighted by molar-refractivity contribution is -0.128. The Hall–Kier alpha value is -2.31. The highest BCUT2D eigenvalue weighted by atomic mass is 19.1. The molecule has 140 valence electrons. The Kier molecular flexibility index (Phi) is 8.18. The fourth-order valence-corrected chi connectivity index (χ4v) is 2.04. The van der Waals surface area contributed by atoms with Gasteiger partial charge in [0.05, 0.1) is 12.0 Å². The molecule has 0 bridgehead atoms. The minimum Gasteiger partial charge on any atom is -0.486 e. The van der Waals surface area contributed by atoms with Gasteiger partial charge in [-0.2, -0.15) is 0 Å². The average Bonchev–Trinajstić information content (AvgIpc) is 2.57. The second-order valence-corrected chi connectivity index (χ2v) is 6.41. The molecule has 1 amide bonds. The largest absolute Gasteiger partial charge is 0.486 e. The van der Waals surface area contributed by atoms with Gasteiger partial charge in [0, 0.05) is 20.1 Å². The Morgan fingerprint density at radius 3 is 2.56 bits per heavy atom. The van der Waals surface area contributed by atoms with Gasteiger partial charge in [0.15, 0.2) is 17.5 Å². The molecule has 0 fully saturated rings. The SMILES string of the molecule is CCNC(=O)C(C)(C)CNC(=NC)NCC(C)Oc1ccccc1F. The number of aliphatic imine (C=N–C) groups is 1. The van der Waals surface area contributed by atoms with Crippen LogP contribution in [0.25, 0.3) is 0 Å². The fraction of sp³-hybridized carbons (Fsp3) is 0.556. The van der Waals surface area contributed by atoms with E-state index in [2.05, 4.69) is 20.9 Å². The van der Waals surface area contributed by atoms with Crippen molar-refractivity contribution in [3.63, 3.8) is 0 Å². The molecule has 25 heavy (non-hydrogen) atoms. The van der Waals surface area contributed by atoms with E-state index in [1.54, 1.807) is 25.2 Å². The summed E-state index contributed by atoms with van der Waals surface area (Å²) in [5, 5.41) is 9.06. The van der Waals surface area contributed by atoms with Crippen molar-refractivity contribution in [3.8, 4) is 5.75 Å². The number of amides is 1. The van der Waals surface area contributed by atoms with Crippen LogP contribution < -0.4 is 20.7 Å². The molecule has 1 aromatic rings. The van der Waals surface area contributed by atoms with Crippen molar-refractivity contribution in [2.75, 3.05) is 26.7 Å². The molecule has 0 aliphatic carbocycles. The zero-order valence-electron chi connectivity index (χ0n) is 15.6. The zero-order chi connectivity index (χ0) is 18.9. The van der Waals surface area contributed by atoms with E-state index in [-0.39, 0.29) is 23.6 Å². The molecule has 3 N–H and O–H groups in total. The summed E-state index contributed by atoms with van der Waals surface area (Å²) >= 11 is 0. The van der Waals surface area contributed by atoms with Crippen LogP contribution in [0.4, 0.5) is 4.39 Å². The minimum absolute atomic E-state index is 0.0193. The lowest BCUT2D eigenvalue weighted by Gasteiger charge is -2.25. The van der Waals surface area contributed by atoms with E-state index in [0.717, 1.165) is 0 Å². The van der Waals surface area contributed by atoms with E-state index >= 15 is 0 Å². The molecular weight excluding hydrogens is 323 g/mol. The summed E-state index contributed by atoms with van der Waals surface area (Å²) in [7, 11) is 1.65. The minimum atomic E-state index is -0.567. The molecule has 0 spiro atoms. The van der Waals surface area contributed by atoms with Crippen LogP contribution in [0, 0.1) is 11.2 Å². The predicted molar refractivity (Wildman–Crippen MR) is 98.3 cm³/mol. The van der Waals surface area contributed by atoms with Gasteiger partial charge >= 0.3 is 0 Å². The topological polar surface area (TPSA) is 74.8 Å². The van der Waals surface area contributed by atoms with Gasteiger partial charge in [-0.3, -0.25) is 9.79 Å². The number of hydrogen-bond acceptors (Lipinski definition) is 3. The van der Waals surface area contributed by atoms with Crippen molar-refractivity contribution in [2.45, 2.75) is 33.8 Å². The third kappa shape index (κ3) is 6.99. The molecule has 0 aliphatic rings. The smallest absolute Gasteiger partial charge is 0.227 e. The molecule has 0 saturated carbocycles. The monoisotopic (exact) mass is 352 g/mol. The summed E-state index contributed by atoms with van der Waals surface area (Å²) < 4.78 is 19.2. The van der Waals surface area contributed by atoms with Crippen LogP contribution in [-0.2, 0) is 4.79 Å². The normalized spacial score (nSPS) is 13.1. The molecule has 1 aromatic carbocycles. The van der Waals surface area contributed by atoms with Crippen LogP contribution >= 0.6 is 0 Å². The van der Waals surface area contributed by atoms with Crippen LogP contribution in [0.15, 0.2) is 29.3 Å². The highest BCUT2D eigenvalue weighted by Gasteiger charge is 2.27. The molecule has 0 saturated heterocycles. The van der Waals surface area contributed by atoms with Gasteiger partial charge in [0.1, 0.15) is 6.10 Å². The first kappa shape index (κ1) is 20.7. The van der Waals surface area contributed by atoms with Crippen LogP contribution in [0.1, 0.15) is 27.7 Å². The van der Waals surface area contributed by atoms with Gasteiger partial charge < -0.3 is 20.7 Å². The Morgan fingerprint density at radius 2 is 1.96 bits per heavy atom. The number of nitrogens with zero attached hydrogens (tertiary/aromatic N) is 1. The number of carbonyl (C=O) groups excluding carboxylic acids is 1. The molecule has 7 heteroatoms. The van der Waals surface area contributed by atoms with Gasteiger partial charge in [-0.1, -0.05) is 12.1 Å². The van der Waals surface area contributed by atoms with E-state index in [1.807, 2.05) is 27.7 Å². The average molecular weight is 352 g/mol.